The predicted molar refractivity (Wildman–Crippen MR) is 98.3 cm³/mol. The van der Waals surface area contributed by atoms with E-state index in [2.05, 4.69) is 10.2 Å². The smallest absolute Gasteiger partial charge is 0.179 e. The Morgan fingerprint density at radius 3 is 2.48 bits per heavy atom. The van der Waals surface area contributed by atoms with Gasteiger partial charge in [0.2, 0.25) is 0 Å². The number of methoxy groups -OCH3 is 2. The number of benzene rings is 1. The minimum Gasteiger partial charge on any atom is -0.493 e. The standard InChI is InChI=1S/C17H27ClN2O2.ClH/c1-19-9-6-13-7-10-20(11-8-13)12-14-4-5-15(21-2)17(22-3)16(14)18;/h4-5,13,19H,6-12H2,1-3H3;1H. The summed E-state index contributed by atoms with van der Waals surface area (Å²) in [5.74, 6) is 2.16. The van der Waals surface area contributed by atoms with Crippen LogP contribution in [0.3, 0.4) is 0 Å². The van der Waals surface area contributed by atoms with Crippen LogP contribution in [0.25, 0.3) is 0 Å². The molecular formula is C17H28Cl2N2O2. The first kappa shape index (κ1) is 20.4. The summed E-state index contributed by atoms with van der Waals surface area (Å²) in [6.07, 6.45) is 3.82. The highest BCUT2D eigenvalue weighted by Gasteiger charge is 2.21. The molecule has 0 bridgehead atoms. The van der Waals surface area contributed by atoms with E-state index in [0.717, 1.165) is 37.7 Å². The van der Waals surface area contributed by atoms with Crippen LogP contribution in [0.4, 0.5) is 0 Å². The van der Waals surface area contributed by atoms with Crippen LogP contribution in [-0.2, 0) is 6.54 Å². The van der Waals surface area contributed by atoms with Crippen LogP contribution in [0, 0.1) is 5.92 Å². The molecule has 0 aromatic heterocycles. The third-order valence-electron chi connectivity index (χ3n) is 4.47. The molecule has 0 unspecified atom stereocenters. The SMILES string of the molecule is CNCCC1CCN(Cc2ccc(OC)c(OC)c2Cl)CC1.Cl. The van der Waals surface area contributed by atoms with Crippen molar-refractivity contribution in [3.63, 3.8) is 0 Å². The van der Waals surface area contributed by atoms with Crippen molar-refractivity contribution in [3.8, 4) is 11.5 Å². The van der Waals surface area contributed by atoms with Gasteiger partial charge >= 0.3 is 0 Å². The van der Waals surface area contributed by atoms with Crippen LogP contribution < -0.4 is 14.8 Å². The summed E-state index contributed by atoms with van der Waals surface area (Å²) in [4.78, 5) is 2.48. The molecule has 1 aromatic rings. The summed E-state index contributed by atoms with van der Waals surface area (Å²) in [6, 6.07) is 3.97. The third-order valence-corrected chi connectivity index (χ3v) is 4.88. The maximum Gasteiger partial charge on any atom is 0.179 e. The summed E-state index contributed by atoms with van der Waals surface area (Å²) in [7, 11) is 5.28. The molecule has 0 amide bonds. The quantitative estimate of drug-likeness (QED) is 0.803. The highest BCUT2D eigenvalue weighted by Crippen LogP contribution is 2.38. The van der Waals surface area contributed by atoms with E-state index in [9.17, 15) is 0 Å². The maximum absolute atomic E-state index is 6.47. The number of hydrogen-bond acceptors (Lipinski definition) is 4. The van der Waals surface area contributed by atoms with Crippen molar-refractivity contribution in [1.29, 1.82) is 0 Å². The molecule has 1 heterocycles. The lowest BCUT2D eigenvalue weighted by molar-refractivity contribution is 0.172. The third kappa shape index (κ3) is 5.42. The van der Waals surface area contributed by atoms with Crippen molar-refractivity contribution in [3.05, 3.63) is 22.7 Å². The number of halogens is 2. The average Bonchev–Trinajstić information content (AvgIpc) is 2.55. The normalized spacial score (nSPS) is 16.0. The van der Waals surface area contributed by atoms with Gasteiger partial charge in [0.05, 0.1) is 19.2 Å². The fourth-order valence-corrected chi connectivity index (χ4v) is 3.37. The lowest BCUT2D eigenvalue weighted by Crippen LogP contribution is -2.34. The Hall–Kier alpha value is -0.680. The van der Waals surface area contributed by atoms with Crippen LogP contribution in [0.2, 0.25) is 5.02 Å². The molecule has 1 fully saturated rings. The molecule has 0 radical (unpaired) electrons. The van der Waals surface area contributed by atoms with E-state index >= 15 is 0 Å². The molecule has 0 spiro atoms. The molecule has 1 aliphatic rings. The molecule has 0 atom stereocenters. The van der Waals surface area contributed by atoms with Gasteiger partial charge in [-0.2, -0.15) is 0 Å². The number of rotatable bonds is 7. The van der Waals surface area contributed by atoms with Crippen molar-refractivity contribution < 1.29 is 9.47 Å². The van der Waals surface area contributed by atoms with E-state index in [1.54, 1.807) is 14.2 Å². The highest BCUT2D eigenvalue weighted by molar-refractivity contribution is 6.33. The molecule has 23 heavy (non-hydrogen) atoms. The van der Waals surface area contributed by atoms with E-state index < -0.39 is 0 Å². The fraction of sp³-hybridized carbons (Fsp3) is 0.647. The highest BCUT2D eigenvalue weighted by atomic mass is 35.5. The molecular weight excluding hydrogens is 335 g/mol. The number of likely N-dealkylation sites (tertiary alicyclic amines) is 1. The molecule has 1 N–H and O–H groups in total. The Bertz CT molecular complexity index is 478. The Morgan fingerprint density at radius 1 is 1.22 bits per heavy atom. The molecule has 0 aliphatic carbocycles. The zero-order valence-electron chi connectivity index (χ0n) is 14.2. The molecule has 1 saturated heterocycles. The van der Waals surface area contributed by atoms with Gasteiger partial charge in [0.1, 0.15) is 0 Å². The first-order chi connectivity index (χ1) is 10.7. The maximum atomic E-state index is 6.47. The summed E-state index contributed by atoms with van der Waals surface area (Å²) < 4.78 is 10.7. The van der Waals surface area contributed by atoms with E-state index in [1.807, 2.05) is 19.2 Å². The van der Waals surface area contributed by atoms with Gasteiger partial charge < -0.3 is 14.8 Å². The van der Waals surface area contributed by atoms with E-state index in [4.69, 9.17) is 21.1 Å². The Labute approximate surface area is 150 Å². The topological polar surface area (TPSA) is 33.7 Å². The van der Waals surface area contributed by atoms with Crippen molar-refractivity contribution in [2.24, 2.45) is 5.92 Å². The lowest BCUT2D eigenvalue weighted by atomic mass is 9.93. The van der Waals surface area contributed by atoms with Gasteiger partial charge in [0, 0.05) is 6.54 Å². The molecule has 0 saturated carbocycles. The number of nitrogens with one attached hydrogen (secondary N) is 1. The molecule has 132 valence electrons. The Balaban J connectivity index is 0.00000264. The van der Waals surface area contributed by atoms with Gasteiger partial charge in [0.25, 0.3) is 0 Å². The van der Waals surface area contributed by atoms with Crippen molar-refractivity contribution >= 4 is 24.0 Å². The predicted octanol–water partition coefficient (Wildman–Crippen LogP) is 3.60. The fourth-order valence-electron chi connectivity index (χ4n) is 3.07. The average molecular weight is 363 g/mol. The Kier molecular flexibility index (Phi) is 9.07. The van der Waals surface area contributed by atoms with Gasteiger partial charge in [-0.05, 0) is 63.5 Å². The number of hydrogen-bond donors (Lipinski definition) is 1. The summed E-state index contributed by atoms with van der Waals surface area (Å²) in [5, 5.41) is 3.91. The van der Waals surface area contributed by atoms with Crippen LogP contribution in [0.1, 0.15) is 24.8 Å². The van der Waals surface area contributed by atoms with E-state index in [1.165, 1.54) is 19.3 Å². The van der Waals surface area contributed by atoms with Gasteiger partial charge in [-0.1, -0.05) is 17.7 Å². The minimum absolute atomic E-state index is 0. The molecule has 1 aliphatic heterocycles. The van der Waals surface area contributed by atoms with Gasteiger partial charge in [0.15, 0.2) is 11.5 Å². The largest absolute Gasteiger partial charge is 0.493 e. The number of nitrogens with zero attached hydrogens (tertiary/aromatic N) is 1. The molecule has 2 rings (SSSR count). The second-order valence-electron chi connectivity index (χ2n) is 5.89. The molecule has 4 nitrogen and oxygen atoms in total. The van der Waals surface area contributed by atoms with Gasteiger partial charge in [-0.15, -0.1) is 12.4 Å². The van der Waals surface area contributed by atoms with Crippen molar-refractivity contribution in [1.82, 2.24) is 10.2 Å². The Morgan fingerprint density at radius 2 is 1.91 bits per heavy atom. The van der Waals surface area contributed by atoms with Gasteiger partial charge in [-0.25, -0.2) is 0 Å². The zero-order valence-corrected chi connectivity index (χ0v) is 15.8. The summed E-state index contributed by atoms with van der Waals surface area (Å²) in [6.45, 7) is 4.27. The summed E-state index contributed by atoms with van der Waals surface area (Å²) in [5.41, 5.74) is 1.10. The van der Waals surface area contributed by atoms with E-state index in [0.29, 0.717) is 16.5 Å². The van der Waals surface area contributed by atoms with Gasteiger partial charge in [-0.3, -0.25) is 4.90 Å². The monoisotopic (exact) mass is 362 g/mol. The molecule has 1 aromatic carbocycles. The van der Waals surface area contributed by atoms with Crippen LogP contribution in [-0.4, -0.2) is 45.8 Å². The van der Waals surface area contributed by atoms with Crippen LogP contribution in [0.5, 0.6) is 11.5 Å². The lowest BCUT2D eigenvalue weighted by Gasteiger charge is -2.32. The van der Waals surface area contributed by atoms with E-state index in [-0.39, 0.29) is 12.4 Å². The minimum atomic E-state index is 0. The van der Waals surface area contributed by atoms with Crippen molar-refractivity contribution in [2.75, 3.05) is 40.9 Å². The first-order valence-electron chi connectivity index (χ1n) is 7.95. The zero-order chi connectivity index (χ0) is 15.9. The van der Waals surface area contributed by atoms with Crippen LogP contribution in [0.15, 0.2) is 12.1 Å². The van der Waals surface area contributed by atoms with Crippen molar-refractivity contribution in [2.45, 2.75) is 25.8 Å². The number of piperidine rings is 1. The first-order valence-corrected chi connectivity index (χ1v) is 8.33. The summed E-state index contributed by atoms with van der Waals surface area (Å²) >= 11 is 6.47. The molecule has 6 heteroatoms. The van der Waals surface area contributed by atoms with Crippen LogP contribution >= 0.6 is 24.0 Å². The number of ether oxygens (including phenoxy) is 2. The second kappa shape index (κ2) is 10.2. The second-order valence-corrected chi connectivity index (χ2v) is 6.26.